The van der Waals surface area contributed by atoms with Crippen LogP contribution in [0.2, 0.25) is 0 Å². The molecule has 0 fully saturated rings. The van der Waals surface area contributed by atoms with Gasteiger partial charge >= 0.3 is 0 Å². The minimum atomic E-state index is 0.654. The normalized spacial score (nSPS) is 15.3. The van der Waals surface area contributed by atoms with Gasteiger partial charge in [0.05, 0.1) is 0 Å². The second-order valence-corrected chi connectivity index (χ2v) is 2.95. The van der Waals surface area contributed by atoms with Crippen LogP contribution >= 0.6 is 0 Å². The van der Waals surface area contributed by atoms with E-state index in [9.17, 15) is 0 Å². The molecule has 0 radical (unpaired) electrons. The van der Waals surface area contributed by atoms with Gasteiger partial charge in [0.15, 0.2) is 5.76 Å². The number of rotatable bonds is 2. The summed E-state index contributed by atoms with van der Waals surface area (Å²) in [5.74, 6) is 1.46. The molecule has 0 saturated carbocycles. The van der Waals surface area contributed by atoms with Crippen LogP contribution in [-0.2, 0) is 0 Å². The maximum absolute atomic E-state index is 5.59. The van der Waals surface area contributed by atoms with Crippen molar-refractivity contribution in [3.63, 3.8) is 0 Å². The molecule has 0 amide bonds. The number of benzene rings is 1. The van der Waals surface area contributed by atoms with Gasteiger partial charge in [-0.15, -0.1) is 5.73 Å². The predicted molar refractivity (Wildman–Crippen MR) is 60.5 cm³/mol. The molecular weight excluding hydrogens is 184 g/mol. The lowest BCUT2D eigenvalue weighted by molar-refractivity contribution is 0.446. The third kappa shape index (κ3) is 2.89. The van der Waals surface area contributed by atoms with Crippen molar-refractivity contribution in [2.75, 3.05) is 0 Å². The molecule has 1 aromatic rings. The largest absolute Gasteiger partial charge is 0.448 e. The van der Waals surface area contributed by atoms with Gasteiger partial charge < -0.3 is 4.74 Å². The second kappa shape index (κ2) is 4.88. The Kier molecular flexibility index (Phi) is 3.04. The number of hydrogen-bond acceptors (Lipinski definition) is 1. The van der Waals surface area contributed by atoms with Crippen molar-refractivity contribution >= 4 is 0 Å². The third-order valence-corrected chi connectivity index (χ3v) is 1.81. The Morgan fingerprint density at radius 1 is 0.933 bits per heavy atom. The van der Waals surface area contributed by atoms with Crippen LogP contribution in [0.15, 0.2) is 77.9 Å². The van der Waals surface area contributed by atoms with Gasteiger partial charge in [-0.05, 0) is 24.3 Å². The van der Waals surface area contributed by atoms with Gasteiger partial charge in [-0.3, -0.25) is 0 Å². The molecule has 0 saturated heterocycles. The van der Waals surface area contributed by atoms with Crippen molar-refractivity contribution in [1.82, 2.24) is 0 Å². The molecule has 0 bridgehead atoms. The number of ether oxygens (including phenoxy) is 1. The van der Waals surface area contributed by atoms with Gasteiger partial charge in [0.1, 0.15) is 5.75 Å². The maximum atomic E-state index is 5.59. The first-order chi connectivity index (χ1) is 7.45. The van der Waals surface area contributed by atoms with Gasteiger partial charge in [-0.2, -0.15) is 0 Å². The standard InChI is InChI=1S/C14H10O/c1-2-5-9-13(10-6-3-1)15-14-11-7-4-8-12-14/h1-5,7-8,10-12H/b2-1-. The maximum Gasteiger partial charge on any atom is 0.177 e. The minimum Gasteiger partial charge on any atom is -0.448 e. The Labute approximate surface area is 89.0 Å². The number of hydrogen-bond donors (Lipinski definition) is 0. The van der Waals surface area contributed by atoms with E-state index in [-0.39, 0.29) is 0 Å². The lowest BCUT2D eigenvalue weighted by atomic mass is 10.3. The average molecular weight is 194 g/mol. The Morgan fingerprint density at radius 2 is 1.73 bits per heavy atom. The average Bonchev–Trinajstić information content (AvgIpc) is 2.23. The smallest absolute Gasteiger partial charge is 0.177 e. The van der Waals surface area contributed by atoms with Crippen LogP contribution in [-0.4, -0.2) is 0 Å². The van der Waals surface area contributed by atoms with Gasteiger partial charge in [-0.25, -0.2) is 0 Å². The molecule has 1 aliphatic rings. The zero-order valence-corrected chi connectivity index (χ0v) is 8.18. The molecule has 0 spiro atoms. The summed E-state index contributed by atoms with van der Waals surface area (Å²) in [5.41, 5.74) is 5.99. The van der Waals surface area contributed by atoms with Crippen molar-refractivity contribution in [2.45, 2.75) is 0 Å². The topological polar surface area (TPSA) is 9.23 Å². The number of allylic oxidation sites excluding steroid dienone is 3. The first kappa shape index (κ1) is 9.36. The molecule has 0 atom stereocenters. The van der Waals surface area contributed by atoms with Crippen LogP contribution in [0.1, 0.15) is 0 Å². The summed E-state index contributed by atoms with van der Waals surface area (Å²) in [6.45, 7) is 0. The molecule has 0 aliphatic heterocycles. The number of para-hydroxylation sites is 1. The lowest BCUT2D eigenvalue weighted by Gasteiger charge is -2.02. The van der Waals surface area contributed by atoms with Crippen LogP contribution < -0.4 is 4.74 Å². The van der Waals surface area contributed by atoms with Gasteiger partial charge in [0.2, 0.25) is 0 Å². The monoisotopic (exact) mass is 194 g/mol. The Balaban J connectivity index is 2.23. The summed E-state index contributed by atoms with van der Waals surface area (Å²) in [5, 5.41) is 0. The van der Waals surface area contributed by atoms with E-state index in [2.05, 4.69) is 11.5 Å². The highest BCUT2D eigenvalue weighted by Gasteiger charge is 1.94. The fraction of sp³-hybridized carbons (Fsp3) is 0. The van der Waals surface area contributed by atoms with E-state index in [0.717, 1.165) is 5.75 Å². The zero-order valence-electron chi connectivity index (χ0n) is 8.18. The molecule has 0 unspecified atom stereocenters. The van der Waals surface area contributed by atoms with Crippen LogP contribution in [0.5, 0.6) is 5.75 Å². The van der Waals surface area contributed by atoms with Crippen LogP contribution in [0, 0.1) is 0 Å². The molecule has 0 heterocycles. The molecule has 1 aromatic carbocycles. The van der Waals surface area contributed by atoms with Crippen LogP contribution in [0.3, 0.4) is 0 Å². The Morgan fingerprint density at radius 3 is 2.60 bits per heavy atom. The molecule has 1 heteroatoms. The summed E-state index contributed by atoms with van der Waals surface area (Å²) in [7, 11) is 0. The summed E-state index contributed by atoms with van der Waals surface area (Å²) in [6.07, 6.45) is 9.17. The predicted octanol–water partition coefficient (Wildman–Crippen LogP) is 3.39. The summed E-state index contributed by atoms with van der Waals surface area (Å²) in [4.78, 5) is 0. The molecule has 0 N–H and O–H groups in total. The SMILES string of the molecule is C1=C/C=C\C=C=C(Oc2ccccc2)C=1. The second-order valence-electron chi connectivity index (χ2n) is 2.95. The van der Waals surface area contributed by atoms with E-state index in [4.69, 9.17) is 4.74 Å². The van der Waals surface area contributed by atoms with Gasteiger partial charge in [0.25, 0.3) is 0 Å². The van der Waals surface area contributed by atoms with Crippen LogP contribution in [0.25, 0.3) is 0 Å². The minimum absolute atomic E-state index is 0.654. The van der Waals surface area contributed by atoms with Crippen molar-refractivity contribution in [2.24, 2.45) is 0 Å². The van der Waals surface area contributed by atoms with Crippen molar-refractivity contribution < 1.29 is 4.74 Å². The Bertz CT molecular complexity index is 479. The first-order valence-corrected chi connectivity index (χ1v) is 4.72. The highest BCUT2D eigenvalue weighted by molar-refractivity contribution is 5.28. The quantitative estimate of drug-likeness (QED) is 0.656. The molecular formula is C14H10O. The molecule has 72 valence electrons. The molecule has 0 aromatic heterocycles. The highest BCUT2D eigenvalue weighted by atomic mass is 16.5. The van der Waals surface area contributed by atoms with Gasteiger partial charge in [0, 0.05) is 6.08 Å². The van der Waals surface area contributed by atoms with E-state index in [1.807, 2.05) is 54.6 Å². The van der Waals surface area contributed by atoms with Crippen molar-refractivity contribution in [3.8, 4) is 5.75 Å². The van der Waals surface area contributed by atoms with E-state index < -0.39 is 0 Å². The molecule has 1 aliphatic carbocycles. The molecule has 1 nitrogen and oxygen atoms in total. The molecule has 15 heavy (non-hydrogen) atoms. The highest BCUT2D eigenvalue weighted by Crippen LogP contribution is 2.12. The summed E-state index contributed by atoms with van der Waals surface area (Å²) >= 11 is 0. The van der Waals surface area contributed by atoms with Crippen molar-refractivity contribution in [1.29, 1.82) is 0 Å². The van der Waals surface area contributed by atoms with E-state index in [1.54, 1.807) is 6.08 Å². The van der Waals surface area contributed by atoms with E-state index >= 15 is 0 Å². The Hall–Kier alpha value is -2.20. The zero-order chi connectivity index (χ0) is 10.3. The fourth-order valence-corrected chi connectivity index (χ4v) is 1.14. The van der Waals surface area contributed by atoms with Crippen molar-refractivity contribution in [3.05, 3.63) is 77.9 Å². The van der Waals surface area contributed by atoms with Crippen LogP contribution in [0.4, 0.5) is 0 Å². The first-order valence-electron chi connectivity index (χ1n) is 4.72. The summed E-state index contributed by atoms with van der Waals surface area (Å²) < 4.78 is 5.59. The molecule has 2 rings (SSSR count). The van der Waals surface area contributed by atoms with E-state index in [0.29, 0.717) is 5.76 Å². The van der Waals surface area contributed by atoms with E-state index in [1.165, 1.54) is 0 Å². The van der Waals surface area contributed by atoms with Gasteiger partial charge in [-0.1, -0.05) is 36.1 Å². The lowest BCUT2D eigenvalue weighted by Crippen LogP contribution is -1.89. The fourth-order valence-electron chi connectivity index (χ4n) is 1.14. The summed E-state index contributed by atoms with van der Waals surface area (Å²) in [6, 6.07) is 9.62. The third-order valence-electron chi connectivity index (χ3n) is 1.81.